The van der Waals surface area contributed by atoms with Crippen molar-refractivity contribution in [2.45, 2.75) is 32.9 Å². The molecule has 0 saturated carbocycles. The van der Waals surface area contributed by atoms with E-state index in [9.17, 15) is 9.59 Å². The van der Waals surface area contributed by atoms with Crippen LogP contribution in [0.1, 0.15) is 25.8 Å². The van der Waals surface area contributed by atoms with Gasteiger partial charge in [-0.2, -0.15) is 0 Å². The van der Waals surface area contributed by atoms with Crippen molar-refractivity contribution in [1.82, 2.24) is 15.5 Å². The molecule has 0 aliphatic carbocycles. The Morgan fingerprint density at radius 1 is 1.40 bits per heavy atom. The molecule has 0 spiro atoms. The Bertz CT molecular complexity index is 729. The average molecular weight is 345 g/mol. The van der Waals surface area contributed by atoms with Gasteiger partial charge in [-0.15, -0.1) is 0 Å². The van der Waals surface area contributed by atoms with Crippen LogP contribution in [0.5, 0.6) is 11.5 Å². The third-order valence-electron chi connectivity index (χ3n) is 4.46. The zero-order valence-electron chi connectivity index (χ0n) is 14.7. The van der Waals surface area contributed by atoms with Crippen LogP contribution in [-0.2, 0) is 11.3 Å². The number of carbonyl (C=O) groups excluding carboxylic acids is 2. The molecule has 0 radical (unpaired) electrons. The van der Waals surface area contributed by atoms with Crippen LogP contribution in [0.3, 0.4) is 0 Å². The summed E-state index contributed by atoms with van der Waals surface area (Å²) in [5, 5.41) is 5.43. The van der Waals surface area contributed by atoms with Gasteiger partial charge in [-0.25, -0.2) is 4.79 Å². The monoisotopic (exact) mass is 345 g/mol. The lowest BCUT2D eigenvalue weighted by Gasteiger charge is -2.32. The molecule has 0 fully saturated rings. The Kier molecular flexibility index (Phi) is 4.83. The second kappa shape index (κ2) is 7.04. The van der Waals surface area contributed by atoms with Crippen LogP contribution in [0.2, 0.25) is 0 Å². The predicted molar refractivity (Wildman–Crippen MR) is 92.4 cm³/mol. The number of allylic oxidation sites excluding steroid dienone is 1. The van der Waals surface area contributed by atoms with Gasteiger partial charge in [0.25, 0.3) is 5.91 Å². The summed E-state index contributed by atoms with van der Waals surface area (Å²) in [6.45, 7) is 5.11. The van der Waals surface area contributed by atoms with Gasteiger partial charge in [0.2, 0.25) is 0 Å². The molecule has 1 aromatic carbocycles. The van der Waals surface area contributed by atoms with E-state index in [1.807, 2.05) is 25.1 Å². The number of fused-ring (bicyclic) bond motifs is 1. The van der Waals surface area contributed by atoms with Crippen molar-refractivity contribution < 1.29 is 19.1 Å². The van der Waals surface area contributed by atoms with Gasteiger partial charge in [0.1, 0.15) is 0 Å². The zero-order valence-corrected chi connectivity index (χ0v) is 14.7. The molecule has 1 atom stereocenters. The molecule has 25 heavy (non-hydrogen) atoms. The summed E-state index contributed by atoms with van der Waals surface area (Å²) in [7, 11) is 1.60. The molecule has 0 bridgehead atoms. The summed E-state index contributed by atoms with van der Waals surface area (Å²) in [6.07, 6.45) is 0.726. The number of carbonyl (C=O) groups is 2. The summed E-state index contributed by atoms with van der Waals surface area (Å²) in [5.41, 5.74) is 2.10. The number of rotatable bonds is 2. The first kappa shape index (κ1) is 17.1. The first-order chi connectivity index (χ1) is 12.0. The summed E-state index contributed by atoms with van der Waals surface area (Å²) >= 11 is 0. The van der Waals surface area contributed by atoms with Crippen molar-refractivity contribution in [3.63, 3.8) is 0 Å². The minimum Gasteiger partial charge on any atom is -0.493 e. The Morgan fingerprint density at radius 3 is 2.92 bits per heavy atom. The minimum absolute atomic E-state index is 0.0758. The molecular weight excluding hydrogens is 322 g/mol. The normalized spacial score (nSPS) is 20.5. The number of benzene rings is 1. The lowest BCUT2D eigenvalue weighted by molar-refractivity contribution is -0.128. The number of hydrogen-bond donors (Lipinski definition) is 2. The Morgan fingerprint density at radius 2 is 2.20 bits per heavy atom. The molecule has 1 unspecified atom stereocenters. The minimum atomic E-state index is -0.326. The number of nitrogens with one attached hydrogen (secondary N) is 2. The highest BCUT2D eigenvalue weighted by molar-refractivity contribution is 5.98. The van der Waals surface area contributed by atoms with Gasteiger partial charge < -0.3 is 25.0 Å². The SMILES string of the molecule is COc1cccc2c1OCCCN(C(=O)C1=C(C)NC(=O)NC1C)C2. The molecule has 0 saturated heterocycles. The molecule has 7 nitrogen and oxygen atoms in total. The van der Waals surface area contributed by atoms with Crippen molar-refractivity contribution in [2.24, 2.45) is 0 Å². The smallest absolute Gasteiger partial charge is 0.319 e. The van der Waals surface area contributed by atoms with Crippen molar-refractivity contribution in [1.29, 1.82) is 0 Å². The third-order valence-corrected chi connectivity index (χ3v) is 4.46. The van der Waals surface area contributed by atoms with Crippen LogP contribution >= 0.6 is 0 Å². The van der Waals surface area contributed by atoms with Crippen LogP contribution < -0.4 is 20.1 Å². The molecule has 7 heteroatoms. The van der Waals surface area contributed by atoms with E-state index in [0.29, 0.717) is 42.5 Å². The Hall–Kier alpha value is -2.70. The van der Waals surface area contributed by atoms with E-state index in [1.165, 1.54) is 0 Å². The van der Waals surface area contributed by atoms with E-state index in [1.54, 1.807) is 18.9 Å². The third kappa shape index (κ3) is 3.40. The molecule has 2 aliphatic rings. The molecule has 2 aliphatic heterocycles. The highest BCUT2D eigenvalue weighted by Gasteiger charge is 2.31. The first-order valence-corrected chi connectivity index (χ1v) is 8.37. The highest BCUT2D eigenvalue weighted by atomic mass is 16.5. The number of para-hydroxylation sites is 1. The summed E-state index contributed by atoms with van der Waals surface area (Å²) in [5.74, 6) is 1.28. The predicted octanol–water partition coefficient (Wildman–Crippen LogP) is 1.78. The van der Waals surface area contributed by atoms with Crippen molar-refractivity contribution in [2.75, 3.05) is 20.3 Å². The van der Waals surface area contributed by atoms with Gasteiger partial charge in [0.05, 0.1) is 25.3 Å². The number of hydrogen-bond acceptors (Lipinski definition) is 4. The van der Waals surface area contributed by atoms with Crippen LogP contribution in [0, 0.1) is 0 Å². The quantitative estimate of drug-likeness (QED) is 0.856. The summed E-state index contributed by atoms with van der Waals surface area (Å²) in [6, 6.07) is 5.07. The van der Waals surface area contributed by atoms with E-state index < -0.39 is 0 Å². The van der Waals surface area contributed by atoms with Gasteiger partial charge >= 0.3 is 6.03 Å². The molecular formula is C18H23N3O4. The van der Waals surface area contributed by atoms with E-state index in [0.717, 1.165) is 12.0 Å². The number of ether oxygens (including phenoxy) is 2. The fourth-order valence-electron chi connectivity index (χ4n) is 3.28. The fourth-order valence-corrected chi connectivity index (χ4v) is 3.28. The number of urea groups is 1. The van der Waals surface area contributed by atoms with Crippen molar-refractivity contribution in [3.8, 4) is 11.5 Å². The maximum atomic E-state index is 13.1. The van der Waals surface area contributed by atoms with Crippen LogP contribution in [-0.4, -0.2) is 43.1 Å². The first-order valence-electron chi connectivity index (χ1n) is 8.37. The molecule has 0 aromatic heterocycles. The van der Waals surface area contributed by atoms with Gasteiger partial charge in [-0.1, -0.05) is 12.1 Å². The maximum Gasteiger partial charge on any atom is 0.319 e. The molecule has 3 amide bonds. The van der Waals surface area contributed by atoms with E-state index in [-0.39, 0.29) is 18.0 Å². The topological polar surface area (TPSA) is 79.9 Å². The Labute approximate surface area is 147 Å². The van der Waals surface area contributed by atoms with Crippen molar-refractivity contribution in [3.05, 3.63) is 35.0 Å². The van der Waals surface area contributed by atoms with Crippen LogP contribution in [0.4, 0.5) is 4.79 Å². The van der Waals surface area contributed by atoms with Crippen LogP contribution in [0.15, 0.2) is 29.5 Å². The highest BCUT2D eigenvalue weighted by Crippen LogP contribution is 2.33. The standard InChI is InChI=1S/C18H23N3O4/c1-11-15(12(2)20-18(23)19-11)17(22)21-8-5-9-25-16-13(10-21)6-4-7-14(16)24-3/h4,6-7,11H,5,8-10H2,1-3H3,(H2,19,20,23). The number of amides is 3. The lowest BCUT2D eigenvalue weighted by Crippen LogP contribution is -2.50. The van der Waals surface area contributed by atoms with Gasteiger partial charge in [-0.05, 0) is 26.3 Å². The van der Waals surface area contributed by atoms with Crippen molar-refractivity contribution >= 4 is 11.9 Å². The number of nitrogens with zero attached hydrogens (tertiary/aromatic N) is 1. The van der Waals surface area contributed by atoms with E-state index in [2.05, 4.69) is 10.6 Å². The zero-order chi connectivity index (χ0) is 18.0. The number of methoxy groups -OCH3 is 1. The van der Waals surface area contributed by atoms with Gasteiger partial charge in [-0.3, -0.25) is 4.79 Å². The summed E-state index contributed by atoms with van der Waals surface area (Å²) in [4.78, 5) is 26.5. The maximum absolute atomic E-state index is 13.1. The van der Waals surface area contributed by atoms with Gasteiger partial charge in [0, 0.05) is 24.4 Å². The van der Waals surface area contributed by atoms with E-state index in [4.69, 9.17) is 9.47 Å². The molecule has 2 heterocycles. The largest absolute Gasteiger partial charge is 0.493 e. The Balaban J connectivity index is 1.90. The van der Waals surface area contributed by atoms with E-state index >= 15 is 0 Å². The molecule has 2 N–H and O–H groups in total. The fraction of sp³-hybridized carbons (Fsp3) is 0.444. The van der Waals surface area contributed by atoms with Gasteiger partial charge in [0.15, 0.2) is 11.5 Å². The lowest BCUT2D eigenvalue weighted by atomic mass is 10.0. The second-order valence-corrected chi connectivity index (χ2v) is 6.24. The average Bonchev–Trinajstić information content (AvgIpc) is 2.53. The van der Waals surface area contributed by atoms with Crippen LogP contribution in [0.25, 0.3) is 0 Å². The second-order valence-electron chi connectivity index (χ2n) is 6.24. The molecule has 134 valence electrons. The molecule has 3 rings (SSSR count). The summed E-state index contributed by atoms with van der Waals surface area (Å²) < 4.78 is 11.2. The molecule has 1 aromatic rings.